The maximum Gasteiger partial charge on any atom is 0.255 e. The van der Waals surface area contributed by atoms with E-state index >= 15 is 0 Å². The highest BCUT2D eigenvalue weighted by molar-refractivity contribution is 6.11. The van der Waals surface area contributed by atoms with E-state index in [9.17, 15) is 14.3 Å². The lowest BCUT2D eigenvalue weighted by atomic mass is 10.0. The molecular formula is C19H19FN2O4. The first kappa shape index (κ1) is 17.9. The van der Waals surface area contributed by atoms with Crippen molar-refractivity contribution in [3.63, 3.8) is 0 Å². The van der Waals surface area contributed by atoms with Gasteiger partial charge in [0.05, 0.1) is 12.7 Å². The van der Waals surface area contributed by atoms with Crippen molar-refractivity contribution >= 4 is 16.9 Å². The minimum atomic E-state index is -1.05. The van der Waals surface area contributed by atoms with E-state index in [4.69, 9.17) is 14.9 Å². The van der Waals surface area contributed by atoms with E-state index in [0.717, 1.165) is 0 Å². The van der Waals surface area contributed by atoms with Crippen LogP contribution in [0.1, 0.15) is 15.9 Å². The Morgan fingerprint density at radius 3 is 2.62 bits per heavy atom. The number of benzene rings is 2. The van der Waals surface area contributed by atoms with Gasteiger partial charge < -0.3 is 25.3 Å². The van der Waals surface area contributed by atoms with Crippen molar-refractivity contribution in [2.45, 2.75) is 12.6 Å². The minimum Gasteiger partial charge on any atom is -0.496 e. The maximum absolute atomic E-state index is 13.2. The molecule has 0 saturated heterocycles. The summed E-state index contributed by atoms with van der Waals surface area (Å²) in [6, 6.07) is 9.04. The predicted octanol–water partition coefficient (Wildman–Crippen LogP) is 2.43. The number of carbonyl (C=O) groups is 1. The number of rotatable bonds is 5. The summed E-state index contributed by atoms with van der Waals surface area (Å²) < 4.78 is 24.5. The van der Waals surface area contributed by atoms with Crippen molar-refractivity contribution in [2.24, 2.45) is 5.73 Å². The molecule has 1 heterocycles. The van der Waals surface area contributed by atoms with Crippen molar-refractivity contribution < 1.29 is 23.4 Å². The van der Waals surface area contributed by atoms with Gasteiger partial charge in [0.1, 0.15) is 29.1 Å². The molecule has 0 aliphatic carbocycles. The number of nitrogens with one attached hydrogen (secondary N) is 1. The van der Waals surface area contributed by atoms with Gasteiger partial charge in [0.25, 0.3) is 5.91 Å². The Hall–Kier alpha value is -2.90. The van der Waals surface area contributed by atoms with Crippen LogP contribution in [0.3, 0.4) is 0 Å². The number of aliphatic hydroxyl groups is 1. The van der Waals surface area contributed by atoms with Crippen molar-refractivity contribution in [3.8, 4) is 17.1 Å². The number of hydrogen-bond donors (Lipinski definition) is 3. The van der Waals surface area contributed by atoms with Gasteiger partial charge >= 0.3 is 0 Å². The first-order chi connectivity index (χ1) is 12.4. The first-order valence-electron chi connectivity index (χ1n) is 7.99. The van der Waals surface area contributed by atoms with Gasteiger partial charge in [-0.2, -0.15) is 0 Å². The van der Waals surface area contributed by atoms with Gasteiger partial charge in [-0.3, -0.25) is 4.79 Å². The Bertz CT molecular complexity index is 948. The van der Waals surface area contributed by atoms with Gasteiger partial charge in [0.15, 0.2) is 0 Å². The van der Waals surface area contributed by atoms with Crippen LogP contribution in [0.25, 0.3) is 22.3 Å². The molecule has 3 rings (SSSR count). The molecule has 3 aromatic rings. The number of aliphatic hydroxyl groups excluding tert-OH is 1. The average Bonchev–Trinajstić information content (AvgIpc) is 2.98. The Balaban J connectivity index is 2.27. The zero-order chi connectivity index (χ0) is 18.8. The normalized spacial score (nSPS) is 12.2. The third-order valence-electron chi connectivity index (χ3n) is 4.08. The highest BCUT2D eigenvalue weighted by atomic mass is 19.1. The van der Waals surface area contributed by atoms with Gasteiger partial charge in [-0.05, 0) is 36.4 Å². The molecular weight excluding hydrogens is 339 g/mol. The van der Waals surface area contributed by atoms with E-state index in [1.807, 2.05) is 0 Å². The third kappa shape index (κ3) is 3.26. The lowest BCUT2D eigenvalue weighted by Crippen LogP contribution is -2.21. The summed E-state index contributed by atoms with van der Waals surface area (Å²) in [7, 11) is 3.01. The van der Waals surface area contributed by atoms with Crippen LogP contribution in [0.15, 0.2) is 40.8 Å². The van der Waals surface area contributed by atoms with Crippen molar-refractivity contribution in [1.29, 1.82) is 0 Å². The SMILES string of the molecule is CNC(=O)c1c(-c2ccc(F)cc2)oc2cc(CC(N)O)c(OC)cc12. The fraction of sp³-hybridized carbons (Fsp3) is 0.211. The van der Waals surface area contributed by atoms with Gasteiger partial charge in [-0.1, -0.05) is 0 Å². The van der Waals surface area contributed by atoms with Gasteiger partial charge in [0, 0.05) is 30.0 Å². The third-order valence-corrected chi connectivity index (χ3v) is 4.08. The van der Waals surface area contributed by atoms with Crippen LogP contribution >= 0.6 is 0 Å². The summed E-state index contributed by atoms with van der Waals surface area (Å²) in [5.41, 5.74) is 7.46. The van der Waals surface area contributed by atoms with Crippen molar-refractivity contribution in [1.82, 2.24) is 5.32 Å². The second-order valence-electron chi connectivity index (χ2n) is 5.82. The van der Waals surface area contributed by atoms with Gasteiger partial charge in [0.2, 0.25) is 0 Å². The second kappa shape index (κ2) is 7.15. The lowest BCUT2D eigenvalue weighted by Gasteiger charge is -2.10. The van der Waals surface area contributed by atoms with Crippen LogP contribution in [0.5, 0.6) is 5.75 Å². The molecule has 4 N–H and O–H groups in total. The molecule has 136 valence electrons. The zero-order valence-corrected chi connectivity index (χ0v) is 14.4. The van der Waals surface area contributed by atoms with E-state index in [1.54, 1.807) is 24.3 Å². The fourth-order valence-electron chi connectivity index (χ4n) is 2.89. The average molecular weight is 358 g/mol. The largest absolute Gasteiger partial charge is 0.496 e. The highest BCUT2D eigenvalue weighted by Gasteiger charge is 2.23. The molecule has 0 aliphatic heterocycles. The molecule has 1 atom stereocenters. The molecule has 6 nitrogen and oxygen atoms in total. The number of amides is 1. The lowest BCUT2D eigenvalue weighted by molar-refractivity contribution is 0.0964. The Morgan fingerprint density at radius 1 is 1.35 bits per heavy atom. The monoisotopic (exact) mass is 358 g/mol. The summed E-state index contributed by atoms with van der Waals surface area (Å²) in [6.07, 6.45) is -0.882. The van der Waals surface area contributed by atoms with Crippen LogP contribution < -0.4 is 15.8 Å². The van der Waals surface area contributed by atoms with Crippen LogP contribution in [0.2, 0.25) is 0 Å². The number of furan rings is 1. The molecule has 26 heavy (non-hydrogen) atoms. The van der Waals surface area contributed by atoms with Crippen LogP contribution in [-0.2, 0) is 6.42 Å². The predicted molar refractivity (Wildman–Crippen MR) is 95.4 cm³/mol. The van der Waals surface area contributed by atoms with Crippen molar-refractivity contribution in [3.05, 3.63) is 53.3 Å². The molecule has 0 aliphatic rings. The van der Waals surface area contributed by atoms with E-state index in [0.29, 0.717) is 39.2 Å². The molecule has 0 radical (unpaired) electrons. The zero-order valence-electron chi connectivity index (χ0n) is 14.4. The van der Waals surface area contributed by atoms with Gasteiger partial charge in [-0.15, -0.1) is 0 Å². The molecule has 0 fully saturated rings. The molecule has 1 aromatic heterocycles. The van der Waals surface area contributed by atoms with E-state index in [2.05, 4.69) is 5.32 Å². The number of nitrogens with two attached hydrogens (primary N) is 1. The van der Waals surface area contributed by atoms with Gasteiger partial charge in [-0.25, -0.2) is 4.39 Å². The number of fused-ring (bicyclic) bond motifs is 1. The van der Waals surface area contributed by atoms with Crippen LogP contribution in [0.4, 0.5) is 4.39 Å². The van der Waals surface area contributed by atoms with E-state index in [1.165, 1.54) is 26.3 Å². The number of carbonyl (C=O) groups excluding carboxylic acids is 1. The summed E-state index contributed by atoms with van der Waals surface area (Å²) >= 11 is 0. The molecule has 2 aromatic carbocycles. The number of ether oxygens (including phenoxy) is 1. The second-order valence-corrected chi connectivity index (χ2v) is 5.82. The quantitative estimate of drug-likeness (QED) is 0.609. The molecule has 1 amide bonds. The Labute approximate surface area is 149 Å². The van der Waals surface area contributed by atoms with E-state index < -0.39 is 6.23 Å². The van der Waals surface area contributed by atoms with Crippen molar-refractivity contribution in [2.75, 3.05) is 14.2 Å². The van der Waals surface area contributed by atoms with E-state index in [-0.39, 0.29) is 18.1 Å². The molecule has 0 bridgehead atoms. The number of hydrogen-bond acceptors (Lipinski definition) is 5. The summed E-state index contributed by atoms with van der Waals surface area (Å²) in [5.74, 6) is 0.0921. The number of methoxy groups -OCH3 is 1. The summed E-state index contributed by atoms with van der Waals surface area (Å²) in [4.78, 5) is 12.5. The topological polar surface area (TPSA) is 97.7 Å². The summed E-state index contributed by atoms with van der Waals surface area (Å²) in [5, 5.41) is 12.6. The molecule has 0 saturated carbocycles. The highest BCUT2D eigenvalue weighted by Crippen LogP contribution is 2.37. The minimum absolute atomic E-state index is 0.168. The number of halogens is 1. The summed E-state index contributed by atoms with van der Waals surface area (Å²) in [6.45, 7) is 0. The Morgan fingerprint density at radius 2 is 2.04 bits per heavy atom. The molecule has 1 unspecified atom stereocenters. The van der Waals surface area contributed by atoms with Crippen LogP contribution in [0, 0.1) is 5.82 Å². The first-order valence-corrected chi connectivity index (χ1v) is 7.99. The standard InChI is InChI=1S/C19H19FN2O4/c1-22-19(24)17-13-9-14(25-2)11(8-16(21)23)7-15(13)26-18(17)10-3-5-12(20)6-4-10/h3-7,9,16,23H,8,21H2,1-2H3,(H,22,24). The Kier molecular flexibility index (Phi) is 4.92. The smallest absolute Gasteiger partial charge is 0.255 e. The molecule has 7 heteroatoms. The maximum atomic E-state index is 13.2. The molecule has 0 spiro atoms. The van der Waals surface area contributed by atoms with Crippen LogP contribution in [-0.4, -0.2) is 31.4 Å². The fourth-order valence-corrected chi connectivity index (χ4v) is 2.89.